The van der Waals surface area contributed by atoms with Crippen LogP contribution in [0.3, 0.4) is 0 Å². The summed E-state index contributed by atoms with van der Waals surface area (Å²) >= 11 is 0. The minimum atomic E-state index is -3.43. The van der Waals surface area contributed by atoms with E-state index in [1.807, 2.05) is 24.3 Å². The minimum Gasteiger partial charge on any atom is -0.544 e. The van der Waals surface area contributed by atoms with Gasteiger partial charge < -0.3 is 4.43 Å². The standard InChI is InChI=1S/C17H23NO3SSi/c1-23(2,3)21-16-11-9-15(10-12-16)13-14-18-22(19,20)17-7-5-4-6-8-17/h4-12,18H,13-14H2,1-3H3. The topological polar surface area (TPSA) is 55.4 Å². The van der Waals surface area contributed by atoms with Crippen molar-refractivity contribution in [3.63, 3.8) is 0 Å². The maximum Gasteiger partial charge on any atom is 0.242 e. The van der Waals surface area contributed by atoms with Crippen molar-refractivity contribution < 1.29 is 12.8 Å². The Labute approximate surface area is 139 Å². The van der Waals surface area contributed by atoms with Gasteiger partial charge in [0.25, 0.3) is 0 Å². The third-order valence-corrected chi connectivity index (χ3v) is 5.43. The molecule has 124 valence electrons. The van der Waals surface area contributed by atoms with Crippen molar-refractivity contribution >= 4 is 18.3 Å². The smallest absolute Gasteiger partial charge is 0.242 e. The van der Waals surface area contributed by atoms with Crippen molar-refractivity contribution in [1.82, 2.24) is 4.72 Å². The van der Waals surface area contributed by atoms with E-state index in [1.165, 1.54) is 0 Å². The summed E-state index contributed by atoms with van der Waals surface area (Å²) in [5, 5.41) is 0. The average molecular weight is 350 g/mol. The summed E-state index contributed by atoms with van der Waals surface area (Å²) in [6.07, 6.45) is 0.638. The van der Waals surface area contributed by atoms with Crippen LogP contribution >= 0.6 is 0 Å². The molecule has 0 bridgehead atoms. The number of sulfonamides is 1. The third kappa shape index (κ3) is 5.82. The summed E-state index contributed by atoms with van der Waals surface area (Å²) in [6, 6.07) is 16.2. The van der Waals surface area contributed by atoms with Crippen molar-refractivity contribution in [3.05, 3.63) is 60.2 Å². The molecule has 23 heavy (non-hydrogen) atoms. The molecule has 0 saturated carbocycles. The summed E-state index contributed by atoms with van der Waals surface area (Å²) in [5.41, 5.74) is 1.07. The largest absolute Gasteiger partial charge is 0.544 e. The molecule has 4 nitrogen and oxygen atoms in total. The predicted octanol–water partition coefficient (Wildman–Crippen LogP) is 3.42. The Morgan fingerprint density at radius 1 is 0.957 bits per heavy atom. The molecule has 0 aliphatic rings. The van der Waals surface area contributed by atoms with Crippen LogP contribution in [0, 0.1) is 0 Å². The zero-order valence-corrected chi connectivity index (χ0v) is 15.6. The molecular formula is C17H23NO3SSi. The van der Waals surface area contributed by atoms with Gasteiger partial charge in [-0.1, -0.05) is 30.3 Å². The van der Waals surface area contributed by atoms with E-state index in [0.29, 0.717) is 17.9 Å². The van der Waals surface area contributed by atoms with Crippen LogP contribution in [0.25, 0.3) is 0 Å². The zero-order valence-electron chi connectivity index (χ0n) is 13.7. The lowest BCUT2D eigenvalue weighted by Gasteiger charge is -2.19. The molecule has 0 unspecified atom stereocenters. The maximum absolute atomic E-state index is 12.1. The van der Waals surface area contributed by atoms with Gasteiger partial charge in [-0.2, -0.15) is 0 Å². The van der Waals surface area contributed by atoms with E-state index in [-0.39, 0.29) is 0 Å². The first kappa shape index (κ1) is 17.7. The number of hydrogen-bond acceptors (Lipinski definition) is 3. The van der Waals surface area contributed by atoms with E-state index in [0.717, 1.165) is 11.3 Å². The highest BCUT2D eigenvalue weighted by Gasteiger charge is 2.16. The van der Waals surface area contributed by atoms with Crippen molar-refractivity contribution in [1.29, 1.82) is 0 Å². The van der Waals surface area contributed by atoms with Crippen LogP contribution in [0.4, 0.5) is 0 Å². The molecule has 0 heterocycles. The number of rotatable bonds is 7. The van der Waals surface area contributed by atoms with Gasteiger partial charge in [0.15, 0.2) is 0 Å². The van der Waals surface area contributed by atoms with E-state index in [9.17, 15) is 8.42 Å². The van der Waals surface area contributed by atoms with E-state index < -0.39 is 18.3 Å². The fourth-order valence-electron chi connectivity index (χ4n) is 2.09. The first-order valence-electron chi connectivity index (χ1n) is 7.59. The molecule has 0 spiro atoms. The molecule has 0 atom stereocenters. The van der Waals surface area contributed by atoms with Crippen LogP contribution in [0.5, 0.6) is 5.75 Å². The van der Waals surface area contributed by atoms with Crippen molar-refractivity contribution in [2.45, 2.75) is 31.0 Å². The highest BCUT2D eigenvalue weighted by Crippen LogP contribution is 2.17. The summed E-state index contributed by atoms with van der Waals surface area (Å²) in [4.78, 5) is 0.291. The lowest BCUT2D eigenvalue weighted by Crippen LogP contribution is -2.29. The molecule has 2 aromatic rings. The van der Waals surface area contributed by atoms with Gasteiger partial charge in [-0.25, -0.2) is 13.1 Å². The quantitative estimate of drug-likeness (QED) is 0.779. The van der Waals surface area contributed by atoms with Crippen LogP contribution in [0.2, 0.25) is 19.6 Å². The van der Waals surface area contributed by atoms with Crippen LogP contribution in [-0.2, 0) is 16.4 Å². The maximum atomic E-state index is 12.1. The number of benzene rings is 2. The molecule has 2 rings (SSSR count). The van der Waals surface area contributed by atoms with Crippen molar-refractivity contribution in [2.75, 3.05) is 6.54 Å². The highest BCUT2D eigenvalue weighted by molar-refractivity contribution is 7.89. The van der Waals surface area contributed by atoms with E-state index in [2.05, 4.69) is 24.4 Å². The average Bonchev–Trinajstić information content (AvgIpc) is 2.48. The van der Waals surface area contributed by atoms with E-state index in [4.69, 9.17) is 4.43 Å². The Morgan fingerprint density at radius 3 is 2.13 bits per heavy atom. The molecular weight excluding hydrogens is 326 g/mol. The minimum absolute atomic E-state index is 0.291. The fourth-order valence-corrected chi connectivity index (χ4v) is 3.99. The first-order chi connectivity index (χ1) is 10.8. The summed E-state index contributed by atoms with van der Waals surface area (Å²) in [7, 11) is -5.03. The molecule has 0 aliphatic heterocycles. The molecule has 0 fully saturated rings. The Bertz CT molecular complexity index is 723. The van der Waals surface area contributed by atoms with Crippen LogP contribution in [0.1, 0.15) is 5.56 Å². The lowest BCUT2D eigenvalue weighted by atomic mass is 10.1. The second-order valence-corrected chi connectivity index (χ2v) is 12.5. The Morgan fingerprint density at radius 2 is 1.57 bits per heavy atom. The van der Waals surface area contributed by atoms with Crippen LogP contribution in [-0.4, -0.2) is 23.3 Å². The van der Waals surface area contributed by atoms with Gasteiger partial charge in [0.1, 0.15) is 5.75 Å². The molecule has 0 aliphatic carbocycles. The Kier molecular flexibility index (Phi) is 5.62. The number of hydrogen-bond donors (Lipinski definition) is 1. The predicted molar refractivity (Wildman–Crippen MR) is 95.8 cm³/mol. The second-order valence-electron chi connectivity index (χ2n) is 6.32. The molecule has 0 amide bonds. The van der Waals surface area contributed by atoms with E-state index in [1.54, 1.807) is 30.3 Å². The van der Waals surface area contributed by atoms with E-state index >= 15 is 0 Å². The zero-order chi connectivity index (χ0) is 16.9. The van der Waals surface area contributed by atoms with Gasteiger partial charge >= 0.3 is 0 Å². The van der Waals surface area contributed by atoms with Crippen molar-refractivity contribution in [2.24, 2.45) is 0 Å². The Balaban J connectivity index is 1.89. The lowest BCUT2D eigenvalue weighted by molar-refractivity contribution is 0.557. The summed E-state index contributed by atoms with van der Waals surface area (Å²) in [5.74, 6) is 0.873. The van der Waals surface area contributed by atoms with Gasteiger partial charge in [-0.15, -0.1) is 0 Å². The molecule has 1 N–H and O–H groups in total. The van der Waals surface area contributed by atoms with Crippen LogP contribution in [0.15, 0.2) is 59.5 Å². The molecule has 2 aromatic carbocycles. The molecule has 6 heteroatoms. The first-order valence-corrected chi connectivity index (χ1v) is 12.5. The molecule has 0 radical (unpaired) electrons. The Hall–Kier alpha value is -1.63. The monoisotopic (exact) mass is 349 g/mol. The van der Waals surface area contributed by atoms with Crippen LogP contribution < -0.4 is 9.15 Å². The highest BCUT2D eigenvalue weighted by atomic mass is 32.2. The number of nitrogens with one attached hydrogen (secondary N) is 1. The second kappa shape index (κ2) is 7.29. The van der Waals surface area contributed by atoms with Gasteiger partial charge in [0, 0.05) is 6.54 Å². The van der Waals surface area contributed by atoms with Crippen molar-refractivity contribution in [3.8, 4) is 5.75 Å². The molecule has 0 saturated heterocycles. The fraction of sp³-hybridized carbons (Fsp3) is 0.294. The summed E-state index contributed by atoms with van der Waals surface area (Å²) < 4.78 is 32.7. The third-order valence-electron chi connectivity index (χ3n) is 3.11. The molecule has 0 aromatic heterocycles. The SMILES string of the molecule is C[Si](C)(C)Oc1ccc(CCNS(=O)(=O)c2ccccc2)cc1. The van der Waals surface area contributed by atoms with Gasteiger partial charge in [-0.3, -0.25) is 0 Å². The normalized spacial score (nSPS) is 12.1. The van der Waals surface area contributed by atoms with Gasteiger partial charge in [0.2, 0.25) is 18.3 Å². The van der Waals surface area contributed by atoms with Gasteiger partial charge in [-0.05, 0) is 55.9 Å². The van der Waals surface area contributed by atoms with Gasteiger partial charge in [0.05, 0.1) is 4.90 Å². The summed E-state index contributed by atoms with van der Waals surface area (Å²) in [6.45, 7) is 6.78.